The van der Waals surface area contributed by atoms with E-state index < -0.39 is 9.84 Å². The van der Waals surface area contributed by atoms with Crippen molar-refractivity contribution in [1.29, 1.82) is 0 Å². The topological polar surface area (TPSA) is 60.2 Å². The largest absolute Gasteiger partial charge is 0.399 e. The third-order valence-electron chi connectivity index (χ3n) is 2.91. The molecule has 100 valence electrons. The summed E-state index contributed by atoms with van der Waals surface area (Å²) in [6.45, 7) is 0. The minimum atomic E-state index is -3.07. The Labute approximate surface area is 114 Å². The molecule has 2 aromatic carbocycles. The molecule has 0 aliphatic carbocycles. The smallest absolute Gasteiger partial charge is 0.154 e. The van der Waals surface area contributed by atoms with Crippen LogP contribution in [-0.4, -0.2) is 14.2 Å². The van der Waals surface area contributed by atoms with Crippen LogP contribution in [0.5, 0.6) is 0 Å². The Kier molecular flexibility index (Phi) is 4.22. The summed E-state index contributed by atoms with van der Waals surface area (Å²) in [4.78, 5) is 0. The maximum atomic E-state index is 12.0. The highest BCUT2D eigenvalue weighted by Gasteiger charge is 2.11. The van der Waals surface area contributed by atoms with Gasteiger partial charge in [-0.1, -0.05) is 42.5 Å². The molecule has 0 unspecified atom stereocenters. The van der Waals surface area contributed by atoms with Crippen molar-refractivity contribution in [3.63, 3.8) is 0 Å². The lowest BCUT2D eigenvalue weighted by Crippen LogP contribution is -2.11. The Bertz CT molecular complexity index is 619. The average molecular weight is 275 g/mol. The maximum absolute atomic E-state index is 12.0. The molecular weight excluding hydrogens is 258 g/mol. The first-order valence-electron chi connectivity index (χ1n) is 6.14. The van der Waals surface area contributed by atoms with Crippen LogP contribution in [0.15, 0.2) is 54.6 Å². The van der Waals surface area contributed by atoms with Gasteiger partial charge in [0.1, 0.15) is 0 Å². The zero-order valence-electron chi connectivity index (χ0n) is 10.6. The molecule has 2 N–H and O–H groups in total. The van der Waals surface area contributed by atoms with Crippen LogP contribution in [-0.2, 0) is 22.0 Å². The number of anilines is 1. The summed E-state index contributed by atoms with van der Waals surface area (Å²) in [5.74, 6) is 0.259. The van der Waals surface area contributed by atoms with E-state index in [1.807, 2.05) is 42.5 Å². The summed E-state index contributed by atoms with van der Waals surface area (Å²) in [7, 11) is -3.07. The van der Waals surface area contributed by atoms with Gasteiger partial charge in [-0.3, -0.25) is 0 Å². The Hall–Kier alpha value is -1.81. The molecule has 0 amide bonds. The molecule has 0 atom stereocenters. The molecule has 0 heterocycles. The third-order valence-corrected chi connectivity index (χ3v) is 4.51. The van der Waals surface area contributed by atoms with E-state index in [0.29, 0.717) is 12.1 Å². The highest BCUT2D eigenvalue weighted by molar-refractivity contribution is 7.90. The first kappa shape index (κ1) is 13.6. The molecule has 0 bridgehead atoms. The maximum Gasteiger partial charge on any atom is 0.154 e. The highest BCUT2D eigenvalue weighted by Crippen LogP contribution is 2.10. The van der Waals surface area contributed by atoms with Gasteiger partial charge in [0, 0.05) is 5.69 Å². The molecule has 3 nitrogen and oxygen atoms in total. The molecule has 0 fully saturated rings. The van der Waals surface area contributed by atoms with E-state index in [0.717, 1.165) is 11.1 Å². The molecular formula is C15H17NO2S. The van der Waals surface area contributed by atoms with Gasteiger partial charge in [-0.25, -0.2) is 8.42 Å². The van der Waals surface area contributed by atoms with E-state index in [-0.39, 0.29) is 11.5 Å². The second kappa shape index (κ2) is 5.89. The summed E-state index contributed by atoms with van der Waals surface area (Å²) in [6.07, 6.45) is 0.523. The minimum absolute atomic E-state index is 0.100. The van der Waals surface area contributed by atoms with Gasteiger partial charge in [-0.05, 0) is 29.7 Å². The van der Waals surface area contributed by atoms with Crippen LogP contribution in [0.4, 0.5) is 5.69 Å². The van der Waals surface area contributed by atoms with E-state index in [1.165, 1.54) is 0 Å². The summed E-state index contributed by atoms with van der Waals surface area (Å²) in [6, 6.07) is 16.6. The minimum Gasteiger partial charge on any atom is -0.399 e. The number of nitrogens with two attached hydrogens (primary N) is 1. The molecule has 2 rings (SSSR count). The number of hydrogen-bond donors (Lipinski definition) is 1. The van der Waals surface area contributed by atoms with Crippen LogP contribution in [0.3, 0.4) is 0 Å². The highest BCUT2D eigenvalue weighted by atomic mass is 32.2. The zero-order valence-corrected chi connectivity index (χ0v) is 11.4. The fraction of sp³-hybridized carbons (Fsp3) is 0.200. The lowest BCUT2D eigenvalue weighted by molar-refractivity contribution is 0.594. The normalized spacial score (nSPS) is 11.4. The van der Waals surface area contributed by atoms with Crippen LogP contribution in [0.2, 0.25) is 0 Å². The van der Waals surface area contributed by atoms with Gasteiger partial charge >= 0.3 is 0 Å². The monoisotopic (exact) mass is 275 g/mol. The number of rotatable bonds is 5. The van der Waals surface area contributed by atoms with E-state index in [1.54, 1.807) is 12.1 Å². The van der Waals surface area contributed by atoms with Crippen LogP contribution in [0.25, 0.3) is 0 Å². The van der Waals surface area contributed by atoms with Crippen molar-refractivity contribution in [3.05, 3.63) is 65.7 Å². The average Bonchev–Trinajstić information content (AvgIpc) is 2.39. The van der Waals surface area contributed by atoms with Gasteiger partial charge in [-0.15, -0.1) is 0 Å². The fourth-order valence-electron chi connectivity index (χ4n) is 1.86. The quantitative estimate of drug-likeness (QED) is 0.852. The predicted octanol–water partition coefficient (Wildman–Crippen LogP) is 2.43. The molecule has 0 saturated heterocycles. The number of hydrogen-bond acceptors (Lipinski definition) is 3. The van der Waals surface area contributed by atoms with Gasteiger partial charge in [0.2, 0.25) is 0 Å². The zero-order chi connectivity index (χ0) is 13.7. The lowest BCUT2D eigenvalue weighted by Gasteiger charge is -2.05. The number of nitrogen functional groups attached to an aromatic ring is 1. The van der Waals surface area contributed by atoms with E-state index >= 15 is 0 Å². The molecule has 2 aromatic rings. The van der Waals surface area contributed by atoms with Gasteiger partial charge in [0.25, 0.3) is 0 Å². The van der Waals surface area contributed by atoms with E-state index in [2.05, 4.69) is 0 Å². The SMILES string of the molecule is Nc1ccc(CCS(=O)(=O)Cc2ccccc2)cc1. The Morgan fingerprint density at radius 1 is 0.842 bits per heavy atom. The van der Waals surface area contributed by atoms with Crippen molar-refractivity contribution < 1.29 is 8.42 Å². The number of sulfone groups is 1. The molecule has 0 aliphatic heterocycles. The second-order valence-corrected chi connectivity index (χ2v) is 6.75. The molecule has 0 aromatic heterocycles. The fourth-order valence-corrected chi connectivity index (χ4v) is 3.25. The lowest BCUT2D eigenvalue weighted by atomic mass is 10.2. The molecule has 19 heavy (non-hydrogen) atoms. The standard InChI is InChI=1S/C15H17NO2S/c16-15-8-6-13(7-9-15)10-11-19(17,18)12-14-4-2-1-3-5-14/h1-9H,10-12,16H2. The van der Waals surface area contributed by atoms with Gasteiger partial charge in [0.15, 0.2) is 9.84 Å². The van der Waals surface area contributed by atoms with Crippen LogP contribution >= 0.6 is 0 Å². The van der Waals surface area contributed by atoms with Crippen molar-refractivity contribution in [3.8, 4) is 0 Å². The predicted molar refractivity (Wildman–Crippen MR) is 78.5 cm³/mol. The van der Waals surface area contributed by atoms with Crippen molar-refractivity contribution in [2.45, 2.75) is 12.2 Å². The van der Waals surface area contributed by atoms with Crippen LogP contribution in [0.1, 0.15) is 11.1 Å². The molecule has 4 heteroatoms. The van der Waals surface area contributed by atoms with Crippen LogP contribution in [0, 0.1) is 0 Å². The van der Waals surface area contributed by atoms with E-state index in [4.69, 9.17) is 5.73 Å². The van der Waals surface area contributed by atoms with Crippen molar-refractivity contribution in [2.75, 3.05) is 11.5 Å². The Morgan fingerprint density at radius 3 is 2.11 bits per heavy atom. The van der Waals surface area contributed by atoms with Crippen molar-refractivity contribution >= 4 is 15.5 Å². The first-order valence-corrected chi connectivity index (χ1v) is 7.96. The van der Waals surface area contributed by atoms with Gasteiger partial charge in [0.05, 0.1) is 11.5 Å². The summed E-state index contributed by atoms with van der Waals surface area (Å²) in [5, 5.41) is 0. The summed E-state index contributed by atoms with van der Waals surface area (Å²) >= 11 is 0. The van der Waals surface area contributed by atoms with Crippen molar-refractivity contribution in [2.24, 2.45) is 0 Å². The van der Waals surface area contributed by atoms with Gasteiger partial charge in [-0.2, -0.15) is 0 Å². The summed E-state index contributed by atoms with van der Waals surface area (Å²) in [5.41, 5.74) is 8.11. The van der Waals surface area contributed by atoms with Gasteiger partial charge < -0.3 is 5.73 Å². The summed E-state index contributed by atoms with van der Waals surface area (Å²) < 4.78 is 24.0. The van der Waals surface area contributed by atoms with Crippen molar-refractivity contribution in [1.82, 2.24) is 0 Å². The Balaban J connectivity index is 1.96. The Morgan fingerprint density at radius 2 is 1.47 bits per heavy atom. The van der Waals surface area contributed by atoms with Crippen LogP contribution < -0.4 is 5.73 Å². The number of benzene rings is 2. The molecule has 0 spiro atoms. The number of aryl methyl sites for hydroxylation is 1. The first-order chi connectivity index (χ1) is 9.05. The molecule has 0 saturated carbocycles. The third kappa shape index (κ3) is 4.41. The van der Waals surface area contributed by atoms with E-state index in [9.17, 15) is 8.42 Å². The molecule has 0 aliphatic rings. The molecule has 0 radical (unpaired) electrons. The second-order valence-electron chi connectivity index (χ2n) is 4.57.